The van der Waals surface area contributed by atoms with Gasteiger partial charge in [0, 0.05) is 12.5 Å². The highest BCUT2D eigenvalue weighted by Crippen LogP contribution is 2.34. The fourth-order valence-corrected chi connectivity index (χ4v) is 3.48. The molecule has 2 aromatic carbocycles. The van der Waals surface area contributed by atoms with Crippen molar-refractivity contribution in [2.45, 2.75) is 12.8 Å². The molecule has 0 radical (unpaired) electrons. The number of aryl methyl sites for hydroxylation is 2. The lowest BCUT2D eigenvalue weighted by atomic mass is 10.1. The quantitative estimate of drug-likeness (QED) is 0.523. The molecule has 9 heteroatoms. The molecule has 0 spiro atoms. The minimum absolute atomic E-state index is 0.0142. The summed E-state index contributed by atoms with van der Waals surface area (Å²) in [5, 5.41) is 0. The topological polar surface area (TPSA) is 125 Å². The van der Waals surface area contributed by atoms with Gasteiger partial charge in [-0.25, -0.2) is 19.3 Å². The second-order valence-electron chi connectivity index (χ2n) is 6.84. The van der Waals surface area contributed by atoms with Crippen LogP contribution in [0.2, 0.25) is 0 Å². The number of carbonyl (C=O) groups is 1. The van der Waals surface area contributed by atoms with Crippen molar-refractivity contribution >= 4 is 17.1 Å². The number of H-pyrrole nitrogens is 1. The van der Waals surface area contributed by atoms with Crippen molar-refractivity contribution in [2.75, 3.05) is 6.79 Å². The first-order valence-electron chi connectivity index (χ1n) is 9.35. The Bertz CT molecular complexity index is 1330. The van der Waals surface area contributed by atoms with Crippen molar-refractivity contribution in [2.24, 2.45) is 5.73 Å². The minimum atomic E-state index is -0.734. The molecular weight excluding hydrogens is 386 g/mol. The van der Waals surface area contributed by atoms with E-state index in [4.69, 9.17) is 15.2 Å². The van der Waals surface area contributed by atoms with Gasteiger partial charge in [-0.3, -0.25) is 4.79 Å². The van der Waals surface area contributed by atoms with Gasteiger partial charge < -0.3 is 20.2 Å². The van der Waals surface area contributed by atoms with Gasteiger partial charge >= 0.3 is 5.69 Å². The number of nitrogens with zero attached hydrogens (tertiary/aromatic N) is 3. The molecule has 0 aliphatic carbocycles. The highest BCUT2D eigenvalue weighted by molar-refractivity contribution is 6.01. The number of hydrogen-bond donors (Lipinski definition) is 2. The summed E-state index contributed by atoms with van der Waals surface area (Å²) in [6, 6.07) is 15.0. The van der Waals surface area contributed by atoms with E-state index in [9.17, 15) is 9.59 Å². The van der Waals surface area contributed by atoms with Crippen LogP contribution in [0.4, 0.5) is 0 Å². The molecule has 4 aromatic rings. The molecule has 30 heavy (non-hydrogen) atoms. The normalized spacial score (nSPS) is 12.4. The van der Waals surface area contributed by atoms with E-state index in [0.717, 1.165) is 5.56 Å². The summed E-state index contributed by atoms with van der Waals surface area (Å²) < 4.78 is 12.1. The van der Waals surface area contributed by atoms with E-state index in [2.05, 4.69) is 15.0 Å². The molecular formula is C21H17N5O4. The number of carbonyl (C=O) groups excluding carboxylic acids is 1. The third kappa shape index (κ3) is 3.06. The van der Waals surface area contributed by atoms with Gasteiger partial charge in [0.2, 0.25) is 6.79 Å². The van der Waals surface area contributed by atoms with Crippen LogP contribution in [-0.4, -0.2) is 32.2 Å². The van der Waals surface area contributed by atoms with Crippen LogP contribution in [0.3, 0.4) is 0 Å². The Kier molecular flexibility index (Phi) is 4.20. The molecule has 1 amide bonds. The monoisotopic (exact) mass is 403 g/mol. The third-order valence-corrected chi connectivity index (χ3v) is 4.91. The molecule has 1 aliphatic rings. The molecule has 2 aromatic heterocycles. The number of amides is 1. The Hall–Kier alpha value is -4.14. The van der Waals surface area contributed by atoms with Crippen LogP contribution in [-0.2, 0) is 12.8 Å². The van der Waals surface area contributed by atoms with Gasteiger partial charge in [0.25, 0.3) is 5.91 Å². The average molecular weight is 403 g/mol. The van der Waals surface area contributed by atoms with Crippen LogP contribution in [0.15, 0.2) is 53.3 Å². The average Bonchev–Trinajstić information content (AvgIpc) is 3.35. The van der Waals surface area contributed by atoms with E-state index < -0.39 is 11.6 Å². The SMILES string of the molecule is NC(=O)c1nc(CCc2ccccc2)nc2c1[nH]c(=O)n2-c1ccc2c(c1)OCO2. The van der Waals surface area contributed by atoms with Gasteiger partial charge in [0.1, 0.15) is 11.3 Å². The number of fused-ring (bicyclic) bond motifs is 2. The van der Waals surface area contributed by atoms with Crippen LogP contribution in [0, 0.1) is 0 Å². The zero-order valence-electron chi connectivity index (χ0n) is 15.8. The molecule has 3 heterocycles. The number of nitrogens with one attached hydrogen (secondary N) is 1. The van der Waals surface area contributed by atoms with E-state index >= 15 is 0 Å². The van der Waals surface area contributed by atoms with Crippen molar-refractivity contribution in [1.29, 1.82) is 0 Å². The summed E-state index contributed by atoms with van der Waals surface area (Å²) in [7, 11) is 0. The number of ether oxygens (including phenoxy) is 2. The predicted molar refractivity (Wildman–Crippen MR) is 108 cm³/mol. The van der Waals surface area contributed by atoms with Crippen LogP contribution in [0.1, 0.15) is 21.9 Å². The van der Waals surface area contributed by atoms with Crippen molar-refractivity contribution in [3.63, 3.8) is 0 Å². The lowest BCUT2D eigenvalue weighted by Crippen LogP contribution is -2.16. The maximum Gasteiger partial charge on any atom is 0.332 e. The zero-order valence-corrected chi connectivity index (χ0v) is 15.8. The Labute approximate surface area is 170 Å². The first-order valence-corrected chi connectivity index (χ1v) is 9.35. The first-order chi connectivity index (χ1) is 14.6. The fraction of sp³-hybridized carbons (Fsp3) is 0.143. The molecule has 0 unspecified atom stereocenters. The van der Waals surface area contributed by atoms with E-state index in [1.165, 1.54) is 4.57 Å². The van der Waals surface area contributed by atoms with Gasteiger partial charge in [0.15, 0.2) is 22.8 Å². The lowest BCUT2D eigenvalue weighted by molar-refractivity contribution is 0.0996. The molecule has 5 rings (SSSR count). The largest absolute Gasteiger partial charge is 0.454 e. The number of aromatic nitrogens is 4. The smallest absolute Gasteiger partial charge is 0.332 e. The summed E-state index contributed by atoms with van der Waals surface area (Å²) in [6.45, 7) is 0.124. The van der Waals surface area contributed by atoms with Gasteiger partial charge in [-0.15, -0.1) is 0 Å². The maximum absolute atomic E-state index is 12.7. The van der Waals surface area contributed by atoms with Gasteiger partial charge in [-0.1, -0.05) is 30.3 Å². The Balaban J connectivity index is 1.62. The van der Waals surface area contributed by atoms with E-state index in [1.807, 2.05) is 30.3 Å². The maximum atomic E-state index is 12.7. The van der Waals surface area contributed by atoms with Crippen LogP contribution < -0.4 is 20.9 Å². The summed E-state index contributed by atoms with van der Waals surface area (Å²) >= 11 is 0. The Morgan fingerprint density at radius 1 is 1.07 bits per heavy atom. The summed E-state index contributed by atoms with van der Waals surface area (Å²) in [5.41, 5.74) is 7.19. The minimum Gasteiger partial charge on any atom is -0.454 e. The van der Waals surface area contributed by atoms with Crippen molar-refractivity contribution < 1.29 is 14.3 Å². The number of primary amides is 1. The second kappa shape index (κ2) is 7.03. The molecule has 150 valence electrons. The molecule has 0 saturated heterocycles. The molecule has 0 atom stereocenters. The van der Waals surface area contributed by atoms with Crippen LogP contribution in [0.25, 0.3) is 16.9 Å². The number of benzene rings is 2. The number of rotatable bonds is 5. The summed E-state index contributed by atoms with van der Waals surface area (Å²) in [6.07, 6.45) is 1.17. The predicted octanol–water partition coefficient (Wildman–Crippen LogP) is 1.72. The summed E-state index contributed by atoms with van der Waals surface area (Å²) in [5.74, 6) is 0.820. The number of nitrogens with two attached hydrogens (primary N) is 1. The van der Waals surface area contributed by atoms with E-state index in [0.29, 0.717) is 35.9 Å². The van der Waals surface area contributed by atoms with E-state index in [1.54, 1.807) is 18.2 Å². The number of aromatic amines is 1. The molecule has 0 saturated carbocycles. The molecule has 0 bridgehead atoms. The highest BCUT2D eigenvalue weighted by atomic mass is 16.7. The van der Waals surface area contributed by atoms with Crippen molar-refractivity contribution in [3.8, 4) is 17.2 Å². The Morgan fingerprint density at radius 2 is 1.87 bits per heavy atom. The van der Waals surface area contributed by atoms with Gasteiger partial charge in [-0.2, -0.15) is 0 Å². The molecule has 3 N–H and O–H groups in total. The third-order valence-electron chi connectivity index (χ3n) is 4.91. The zero-order chi connectivity index (χ0) is 20.7. The highest BCUT2D eigenvalue weighted by Gasteiger charge is 2.21. The van der Waals surface area contributed by atoms with Gasteiger partial charge in [0.05, 0.1) is 5.69 Å². The molecule has 1 aliphatic heterocycles. The Morgan fingerprint density at radius 3 is 2.67 bits per heavy atom. The number of imidazole rings is 1. The molecule has 0 fully saturated rings. The van der Waals surface area contributed by atoms with Crippen LogP contribution in [0.5, 0.6) is 11.5 Å². The van der Waals surface area contributed by atoms with Crippen molar-refractivity contribution in [3.05, 3.63) is 76.1 Å². The van der Waals surface area contributed by atoms with Crippen LogP contribution >= 0.6 is 0 Å². The summed E-state index contributed by atoms with van der Waals surface area (Å²) in [4.78, 5) is 36.3. The fourth-order valence-electron chi connectivity index (χ4n) is 3.48. The second-order valence-corrected chi connectivity index (χ2v) is 6.84. The van der Waals surface area contributed by atoms with Gasteiger partial charge in [-0.05, 0) is 24.1 Å². The van der Waals surface area contributed by atoms with Crippen molar-refractivity contribution in [1.82, 2.24) is 19.5 Å². The number of hydrogen-bond acceptors (Lipinski definition) is 6. The standard InChI is InChI=1S/C21H17N5O4/c22-19(27)17-18-20(24-16(23-17)9-6-12-4-2-1-3-5-12)26(21(28)25-18)13-7-8-14-15(10-13)30-11-29-14/h1-5,7-8,10H,6,9,11H2,(H2,22,27)(H,25,28). The van der Waals surface area contributed by atoms with E-state index in [-0.39, 0.29) is 23.7 Å². The molecule has 9 nitrogen and oxygen atoms in total. The first kappa shape index (κ1) is 17.9. The lowest BCUT2D eigenvalue weighted by Gasteiger charge is -2.07.